The van der Waals surface area contributed by atoms with Crippen molar-refractivity contribution in [3.05, 3.63) is 66.5 Å². The quantitative estimate of drug-likeness (QED) is 0.378. The zero-order chi connectivity index (χ0) is 25.0. The molecule has 2 saturated heterocycles. The van der Waals surface area contributed by atoms with E-state index in [1.54, 1.807) is 7.11 Å². The Morgan fingerprint density at radius 3 is 2.54 bits per heavy atom. The number of hydrogen-bond donors (Lipinski definition) is 0. The molecule has 2 aliphatic heterocycles. The largest absolute Gasteiger partial charge is 0.497 e. The van der Waals surface area contributed by atoms with Gasteiger partial charge >= 0.3 is 0 Å². The third-order valence-electron chi connectivity index (χ3n) is 7.55. The van der Waals surface area contributed by atoms with Gasteiger partial charge in [-0.25, -0.2) is 15.0 Å². The SMILES string of the molecule is COc1cccc(-c2nc(N3CCOCC3)c3ncn(C4CCN(CCc5ccccc5)CC4)c3n2)c1. The number of methoxy groups -OCH3 is 1. The highest BCUT2D eigenvalue weighted by Crippen LogP contribution is 2.32. The standard InChI is InChI=1S/C29H34N6O2/c1-36-25-9-5-8-23(20-25)27-31-28(34-16-18-37-19-17-34)26-29(32-27)35(21-30-26)24-11-14-33(15-12-24)13-10-22-6-3-2-4-7-22/h2-9,20-21,24H,10-19H2,1H3. The van der Waals surface area contributed by atoms with Crippen LogP contribution < -0.4 is 9.64 Å². The molecular weight excluding hydrogens is 464 g/mol. The Kier molecular flexibility index (Phi) is 7.01. The highest BCUT2D eigenvalue weighted by Gasteiger charge is 2.26. The maximum atomic E-state index is 5.61. The summed E-state index contributed by atoms with van der Waals surface area (Å²) in [5.74, 6) is 2.39. The molecule has 0 atom stereocenters. The number of nitrogens with zero attached hydrogens (tertiary/aromatic N) is 6. The van der Waals surface area contributed by atoms with Crippen LogP contribution in [0.1, 0.15) is 24.4 Å². The molecule has 2 aromatic carbocycles. The average Bonchev–Trinajstić information content (AvgIpc) is 3.41. The summed E-state index contributed by atoms with van der Waals surface area (Å²) in [4.78, 5) is 19.8. The predicted octanol–water partition coefficient (Wildman–Crippen LogP) is 4.22. The highest BCUT2D eigenvalue weighted by molar-refractivity contribution is 5.86. The van der Waals surface area contributed by atoms with Crippen LogP contribution >= 0.6 is 0 Å². The number of imidazole rings is 1. The fourth-order valence-electron chi connectivity index (χ4n) is 5.41. The summed E-state index contributed by atoms with van der Waals surface area (Å²) >= 11 is 0. The molecule has 0 bridgehead atoms. The third-order valence-corrected chi connectivity index (χ3v) is 7.55. The number of benzene rings is 2. The van der Waals surface area contributed by atoms with E-state index < -0.39 is 0 Å². The van der Waals surface area contributed by atoms with E-state index >= 15 is 0 Å². The molecule has 8 heteroatoms. The zero-order valence-corrected chi connectivity index (χ0v) is 21.4. The smallest absolute Gasteiger partial charge is 0.166 e. The van der Waals surface area contributed by atoms with Crippen molar-refractivity contribution in [2.45, 2.75) is 25.3 Å². The number of piperidine rings is 1. The number of likely N-dealkylation sites (tertiary alicyclic amines) is 1. The molecule has 37 heavy (non-hydrogen) atoms. The van der Waals surface area contributed by atoms with Crippen LogP contribution in [0, 0.1) is 0 Å². The molecule has 2 aliphatic rings. The Morgan fingerprint density at radius 1 is 0.946 bits per heavy atom. The maximum absolute atomic E-state index is 5.61. The van der Waals surface area contributed by atoms with Gasteiger partial charge in [0, 0.05) is 44.3 Å². The van der Waals surface area contributed by atoms with Gasteiger partial charge in [-0.2, -0.15) is 0 Å². The average molecular weight is 499 g/mol. The Balaban J connectivity index is 1.27. The molecule has 0 N–H and O–H groups in total. The molecule has 2 fully saturated rings. The first-order valence-corrected chi connectivity index (χ1v) is 13.3. The van der Waals surface area contributed by atoms with Crippen molar-refractivity contribution < 1.29 is 9.47 Å². The first kappa shape index (κ1) is 23.9. The minimum absolute atomic E-state index is 0.378. The topological polar surface area (TPSA) is 68.5 Å². The monoisotopic (exact) mass is 498 g/mol. The van der Waals surface area contributed by atoms with Crippen molar-refractivity contribution in [2.75, 3.05) is 57.9 Å². The first-order valence-electron chi connectivity index (χ1n) is 13.3. The van der Waals surface area contributed by atoms with Crippen molar-refractivity contribution in [1.82, 2.24) is 24.4 Å². The van der Waals surface area contributed by atoms with Crippen LogP contribution in [0.15, 0.2) is 60.9 Å². The lowest BCUT2D eigenvalue weighted by atomic mass is 10.0. The van der Waals surface area contributed by atoms with E-state index in [4.69, 9.17) is 24.4 Å². The summed E-state index contributed by atoms with van der Waals surface area (Å²) in [7, 11) is 1.68. The van der Waals surface area contributed by atoms with Crippen molar-refractivity contribution in [3.8, 4) is 17.1 Å². The Hall–Kier alpha value is -3.49. The van der Waals surface area contributed by atoms with Crippen LogP contribution in [0.3, 0.4) is 0 Å². The lowest BCUT2D eigenvalue weighted by molar-refractivity contribution is 0.122. The molecular formula is C29H34N6O2. The van der Waals surface area contributed by atoms with E-state index in [9.17, 15) is 0 Å². The van der Waals surface area contributed by atoms with Gasteiger partial charge in [-0.05, 0) is 37.0 Å². The number of aromatic nitrogens is 4. The summed E-state index contributed by atoms with van der Waals surface area (Å²) in [6.07, 6.45) is 5.25. The van der Waals surface area contributed by atoms with E-state index in [0.29, 0.717) is 25.1 Å². The molecule has 2 aromatic heterocycles. The fourth-order valence-corrected chi connectivity index (χ4v) is 5.41. The number of fused-ring (bicyclic) bond motifs is 1. The van der Waals surface area contributed by atoms with Crippen LogP contribution in [0.2, 0.25) is 0 Å². The van der Waals surface area contributed by atoms with Crippen LogP contribution in [0.4, 0.5) is 5.82 Å². The summed E-state index contributed by atoms with van der Waals surface area (Å²) in [5, 5.41) is 0. The molecule has 0 saturated carbocycles. The van der Waals surface area contributed by atoms with Crippen LogP contribution in [-0.4, -0.2) is 77.5 Å². The summed E-state index contributed by atoms with van der Waals surface area (Å²) < 4.78 is 13.4. The fraction of sp³-hybridized carbons (Fsp3) is 0.414. The summed E-state index contributed by atoms with van der Waals surface area (Å²) in [6, 6.07) is 19.1. The van der Waals surface area contributed by atoms with E-state index in [2.05, 4.69) is 44.7 Å². The van der Waals surface area contributed by atoms with E-state index in [1.807, 2.05) is 30.6 Å². The summed E-state index contributed by atoms with van der Waals surface area (Å²) in [5.41, 5.74) is 4.14. The lowest BCUT2D eigenvalue weighted by Crippen LogP contribution is -2.37. The number of hydrogen-bond acceptors (Lipinski definition) is 7. The van der Waals surface area contributed by atoms with E-state index in [-0.39, 0.29) is 0 Å². The number of ether oxygens (including phenoxy) is 2. The van der Waals surface area contributed by atoms with Gasteiger partial charge in [-0.15, -0.1) is 0 Å². The van der Waals surface area contributed by atoms with Crippen molar-refractivity contribution in [1.29, 1.82) is 0 Å². The van der Waals surface area contributed by atoms with Crippen LogP contribution in [0.25, 0.3) is 22.6 Å². The minimum Gasteiger partial charge on any atom is -0.497 e. The first-order chi connectivity index (χ1) is 18.3. The van der Waals surface area contributed by atoms with E-state index in [0.717, 1.165) is 80.3 Å². The molecule has 6 rings (SSSR count). The second-order valence-corrected chi connectivity index (χ2v) is 9.83. The Labute approximate surface area is 217 Å². The van der Waals surface area contributed by atoms with Crippen molar-refractivity contribution in [3.63, 3.8) is 0 Å². The third kappa shape index (κ3) is 5.17. The Bertz CT molecular complexity index is 1330. The molecule has 8 nitrogen and oxygen atoms in total. The zero-order valence-electron chi connectivity index (χ0n) is 21.4. The van der Waals surface area contributed by atoms with Crippen molar-refractivity contribution in [2.24, 2.45) is 0 Å². The van der Waals surface area contributed by atoms with Crippen LogP contribution in [0.5, 0.6) is 5.75 Å². The van der Waals surface area contributed by atoms with Gasteiger partial charge in [0.05, 0.1) is 26.7 Å². The molecule has 0 aliphatic carbocycles. The molecule has 4 aromatic rings. The predicted molar refractivity (Wildman–Crippen MR) is 145 cm³/mol. The second-order valence-electron chi connectivity index (χ2n) is 9.83. The van der Waals surface area contributed by atoms with E-state index in [1.165, 1.54) is 5.56 Å². The van der Waals surface area contributed by atoms with Gasteiger partial charge in [0.2, 0.25) is 0 Å². The van der Waals surface area contributed by atoms with Crippen molar-refractivity contribution >= 4 is 17.0 Å². The number of rotatable bonds is 7. The maximum Gasteiger partial charge on any atom is 0.166 e. The van der Waals surface area contributed by atoms with Gasteiger partial charge in [0.15, 0.2) is 22.8 Å². The Morgan fingerprint density at radius 2 is 1.76 bits per heavy atom. The number of anilines is 1. The highest BCUT2D eigenvalue weighted by atomic mass is 16.5. The lowest BCUT2D eigenvalue weighted by Gasteiger charge is -2.32. The van der Waals surface area contributed by atoms with Gasteiger partial charge in [-0.1, -0.05) is 42.5 Å². The summed E-state index contributed by atoms with van der Waals surface area (Å²) in [6.45, 7) is 6.27. The van der Waals surface area contributed by atoms with Gasteiger partial charge in [0.1, 0.15) is 5.75 Å². The number of morpholine rings is 1. The molecule has 0 spiro atoms. The van der Waals surface area contributed by atoms with Gasteiger partial charge in [0.25, 0.3) is 0 Å². The molecule has 0 unspecified atom stereocenters. The molecule has 192 valence electrons. The normalized spacial score (nSPS) is 17.4. The molecule has 0 radical (unpaired) electrons. The molecule has 4 heterocycles. The second kappa shape index (κ2) is 10.9. The molecule has 0 amide bonds. The van der Waals surface area contributed by atoms with Gasteiger partial charge < -0.3 is 23.8 Å². The van der Waals surface area contributed by atoms with Crippen LogP contribution in [-0.2, 0) is 11.2 Å². The van der Waals surface area contributed by atoms with Gasteiger partial charge in [-0.3, -0.25) is 0 Å². The minimum atomic E-state index is 0.378.